The van der Waals surface area contributed by atoms with Crippen molar-refractivity contribution in [3.05, 3.63) is 48.0 Å². The molecule has 0 spiro atoms. The third kappa shape index (κ3) is 2.50. The molecule has 1 atom stereocenters. The summed E-state index contributed by atoms with van der Waals surface area (Å²) in [5.74, 6) is 0.546. The van der Waals surface area contributed by atoms with E-state index in [9.17, 15) is 0 Å². The van der Waals surface area contributed by atoms with Crippen molar-refractivity contribution in [2.24, 2.45) is 0 Å². The van der Waals surface area contributed by atoms with Crippen molar-refractivity contribution in [1.82, 2.24) is 15.1 Å². The van der Waals surface area contributed by atoms with Gasteiger partial charge in [-0.3, -0.25) is 5.10 Å². The second kappa shape index (κ2) is 5.22. The normalized spacial score (nSPS) is 13.0. The Morgan fingerprint density at radius 1 is 1.10 bits per heavy atom. The Morgan fingerprint density at radius 2 is 1.86 bits per heavy atom. The maximum absolute atomic E-state index is 5.89. The van der Waals surface area contributed by atoms with E-state index in [1.807, 2.05) is 6.07 Å². The van der Waals surface area contributed by atoms with E-state index in [0.717, 1.165) is 16.5 Å². The summed E-state index contributed by atoms with van der Waals surface area (Å²) in [7, 11) is 4.19. The van der Waals surface area contributed by atoms with E-state index in [1.165, 1.54) is 11.1 Å². The quantitative estimate of drug-likeness (QED) is 0.772. The molecule has 0 amide bonds. The smallest absolute Gasteiger partial charge is 0.153 e. The molecule has 3 N–H and O–H groups in total. The van der Waals surface area contributed by atoms with Crippen LogP contribution in [0.5, 0.6) is 0 Å². The van der Waals surface area contributed by atoms with Gasteiger partial charge in [-0.05, 0) is 55.9 Å². The maximum atomic E-state index is 5.89. The SMILES string of the molecule is CC(c1cccc(-c2ccc3[nH]nc(N)c3c2)c1)N(C)C. The van der Waals surface area contributed by atoms with Crippen molar-refractivity contribution in [3.8, 4) is 11.1 Å². The lowest BCUT2D eigenvalue weighted by atomic mass is 9.99. The van der Waals surface area contributed by atoms with Gasteiger partial charge in [0.1, 0.15) is 0 Å². The predicted octanol–water partition coefficient (Wildman–Crippen LogP) is 3.43. The fourth-order valence-corrected chi connectivity index (χ4v) is 2.49. The molecule has 0 radical (unpaired) electrons. The highest BCUT2D eigenvalue weighted by molar-refractivity contribution is 5.92. The number of nitrogen functional groups attached to an aromatic ring is 1. The van der Waals surface area contributed by atoms with Crippen LogP contribution in [0.25, 0.3) is 22.0 Å². The van der Waals surface area contributed by atoms with Crippen molar-refractivity contribution in [2.75, 3.05) is 19.8 Å². The van der Waals surface area contributed by atoms with Gasteiger partial charge in [0.15, 0.2) is 5.82 Å². The average molecular weight is 280 g/mol. The molecular weight excluding hydrogens is 260 g/mol. The highest BCUT2D eigenvalue weighted by Gasteiger charge is 2.10. The average Bonchev–Trinajstić information content (AvgIpc) is 2.87. The Bertz CT molecular complexity index is 773. The first-order chi connectivity index (χ1) is 10.1. The number of H-pyrrole nitrogens is 1. The van der Waals surface area contributed by atoms with E-state index in [2.05, 4.69) is 72.5 Å². The van der Waals surface area contributed by atoms with Gasteiger partial charge in [-0.25, -0.2) is 0 Å². The van der Waals surface area contributed by atoms with Crippen LogP contribution in [0.1, 0.15) is 18.5 Å². The number of nitrogens with one attached hydrogen (secondary N) is 1. The number of rotatable bonds is 3. The van der Waals surface area contributed by atoms with E-state index in [1.54, 1.807) is 0 Å². The topological polar surface area (TPSA) is 57.9 Å². The molecule has 1 heterocycles. The summed E-state index contributed by atoms with van der Waals surface area (Å²) in [5.41, 5.74) is 10.5. The number of aromatic nitrogens is 2. The van der Waals surface area contributed by atoms with Crippen LogP contribution in [-0.4, -0.2) is 29.2 Å². The molecule has 0 saturated heterocycles. The highest BCUT2D eigenvalue weighted by atomic mass is 15.1. The highest BCUT2D eigenvalue weighted by Crippen LogP contribution is 2.28. The van der Waals surface area contributed by atoms with Crippen LogP contribution in [0.4, 0.5) is 5.82 Å². The molecule has 4 heteroatoms. The first-order valence-corrected chi connectivity index (χ1v) is 7.06. The number of hydrogen-bond acceptors (Lipinski definition) is 3. The molecule has 0 bridgehead atoms. The van der Waals surface area contributed by atoms with Crippen LogP contribution in [-0.2, 0) is 0 Å². The van der Waals surface area contributed by atoms with Crippen LogP contribution in [0, 0.1) is 0 Å². The molecule has 0 aliphatic heterocycles. The van der Waals surface area contributed by atoms with Gasteiger partial charge in [0, 0.05) is 11.4 Å². The first kappa shape index (κ1) is 13.6. The molecule has 1 aromatic heterocycles. The van der Waals surface area contributed by atoms with Gasteiger partial charge >= 0.3 is 0 Å². The van der Waals surface area contributed by atoms with E-state index in [4.69, 9.17) is 5.73 Å². The third-order valence-electron chi connectivity index (χ3n) is 4.07. The largest absolute Gasteiger partial charge is 0.382 e. The second-order valence-electron chi connectivity index (χ2n) is 5.63. The molecule has 0 saturated carbocycles. The zero-order chi connectivity index (χ0) is 15.0. The van der Waals surface area contributed by atoms with E-state index < -0.39 is 0 Å². The fourth-order valence-electron chi connectivity index (χ4n) is 2.49. The molecular formula is C17H20N4. The third-order valence-corrected chi connectivity index (χ3v) is 4.07. The zero-order valence-corrected chi connectivity index (χ0v) is 12.6. The van der Waals surface area contributed by atoms with Crippen molar-refractivity contribution in [3.63, 3.8) is 0 Å². The van der Waals surface area contributed by atoms with Crippen LogP contribution in [0.15, 0.2) is 42.5 Å². The lowest BCUT2D eigenvalue weighted by molar-refractivity contribution is 0.321. The zero-order valence-electron chi connectivity index (χ0n) is 12.6. The van der Waals surface area contributed by atoms with E-state index in [-0.39, 0.29) is 0 Å². The first-order valence-electron chi connectivity index (χ1n) is 7.06. The number of nitrogens with two attached hydrogens (primary N) is 1. The standard InChI is InChI=1S/C17H20N4/c1-11(21(2)3)12-5-4-6-13(9-12)14-7-8-16-15(10-14)17(18)20-19-16/h4-11H,1-3H3,(H3,18,19,20). The Labute approximate surface area is 124 Å². The predicted molar refractivity (Wildman–Crippen MR) is 88.0 cm³/mol. The minimum absolute atomic E-state index is 0.382. The van der Waals surface area contributed by atoms with Gasteiger partial charge in [0.05, 0.1) is 5.52 Å². The van der Waals surface area contributed by atoms with Crippen LogP contribution in [0.2, 0.25) is 0 Å². The number of nitrogens with zero attached hydrogens (tertiary/aromatic N) is 2. The Morgan fingerprint density at radius 3 is 2.62 bits per heavy atom. The van der Waals surface area contributed by atoms with Crippen LogP contribution in [0.3, 0.4) is 0 Å². The molecule has 1 unspecified atom stereocenters. The Hall–Kier alpha value is -2.33. The van der Waals surface area contributed by atoms with Gasteiger partial charge in [0.2, 0.25) is 0 Å². The fraction of sp³-hybridized carbons (Fsp3) is 0.235. The molecule has 21 heavy (non-hydrogen) atoms. The Balaban J connectivity index is 2.05. The molecule has 3 rings (SSSR count). The summed E-state index contributed by atoms with van der Waals surface area (Å²) >= 11 is 0. The summed E-state index contributed by atoms with van der Waals surface area (Å²) in [4.78, 5) is 2.20. The van der Waals surface area contributed by atoms with E-state index in [0.29, 0.717) is 11.9 Å². The van der Waals surface area contributed by atoms with Crippen molar-refractivity contribution in [1.29, 1.82) is 0 Å². The summed E-state index contributed by atoms with van der Waals surface area (Å²) in [6, 6.07) is 15.2. The van der Waals surface area contributed by atoms with Gasteiger partial charge in [0.25, 0.3) is 0 Å². The molecule has 3 aromatic rings. The molecule has 4 nitrogen and oxygen atoms in total. The number of anilines is 1. The van der Waals surface area contributed by atoms with Crippen molar-refractivity contribution in [2.45, 2.75) is 13.0 Å². The monoisotopic (exact) mass is 280 g/mol. The molecule has 0 aliphatic rings. The lowest BCUT2D eigenvalue weighted by Crippen LogP contribution is -2.16. The summed E-state index contributed by atoms with van der Waals surface area (Å²) in [5, 5.41) is 7.95. The minimum atomic E-state index is 0.382. The van der Waals surface area contributed by atoms with Crippen LogP contribution < -0.4 is 5.73 Å². The molecule has 0 fully saturated rings. The lowest BCUT2D eigenvalue weighted by Gasteiger charge is -2.20. The molecule has 0 aliphatic carbocycles. The van der Waals surface area contributed by atoms with Gasteiger partial charge in [-0.1, -0.05) is 24.3 Å². The summed E-state index contributed by atoms with van der Waals surface area (Å²) < 4.78 is 0. The van der Waals surface area contributed by atoms with Gasteiger partial charge in [-0.15, -0.1) is 0 Å². The van der Waals surface area contributed by atoms with Gasteiger partial charge < -0.3 is 10.6 Å². The number of hydrogen-bond donors (Lipinski definition) is 2. The summed E-state index contributed by atoms with van der Waals surface area (Å²) in [6.45, 7) is 2.20. The minimum Gasteiger partial charge on any atom is -0.382 e. The Kier molecular flexibility index (Phi) is 3.39. The summed E-state index contributed by atoms with van der Waals surface area (Å²) in [6.07, 6.45) is 0. The van der Waals surface area contributed by atoms with Crippen LogP contribution >= 0.6 is 0 Å². The van der Waals surface area contributed by atoms with Crippen molar-refractivity contribution < 1.29 is 0 Å². The van der Waals surface area contributed by atoms with E-state index >= 15 is 0 Å². The number of fused-ring (bicyclic) bond motifs is 1. The van der Waals surface area contributed by atoms with Crippen molar-refractivity contribution >= 4 is 16.7 Å². The number of benzene rings is 2. The van der Waals surface area contributed by atoms with Gasteiger partial charge in [-0.2, -0.15) is 5.10 Å². The maximum Gasteiger partial charge on any atom is 0.153 e. The molecule has 108 valence electrons. The molecule has 2 aromatic carbocycles. The number of aromatic amines is 1. The second-order valence-corrected chi connectivity index (χ2v) is 5.63.